The van der Waals surface area contributed by atoms with Crippen LogP contribution in [-0.4, -0.2) is 15.5 Å². The first-order chi connectivity index (χ1) is 13.7. The zero-order valence-corrected chi connectivity index (χ0v) is 17.3. The van der Waals surface area contributed by atoms with E-state index in [1.165, 1.54) is 40.0 Å². The molecule has 142 valence electrons. The van der Waals surface area contributed by atoms with Crippen molar-refractivity contribution in [3.63, 3.8) is 0 Å². The first-order valence-corrected chi connectivity index (χ1v) is 11.4. The van der Waals surface area contributed by atoms with Gasteiger partial charge in [0.15, 0.2) is 5.13 Å². The normalized spacial score (nSPS) is 14.8. The molecule has 1 aromatic carbocycles. The van der Waals surface area contributed by atoms with Gasteiger partial charge >= 0.3 is 0 Å². The van der Waals surface area contributed by atoms with Crippen LogP contribution in [0.25, 0.3) is 21.5 Å². The van der Waals surface area contributed by atoms with Crippen molar-refractivity contribution in [3.05, 3.63) is 58.4 Å². The highest BCUT2D eigenvalue weighted by atomic mass is 32.1. The van der Waals surface area contributed by atoms with Gasteiger partial charge in [-0.15, -0.1) is 22.7 Å². The van der Waals surface area contributed by atoms with Crippen LogP contribution in [0.1, 0.15) is 47.8 Å². The number of carbonyl (C=O) groups is 1. The third kappa shape index (κ3) is 3.16. The van der Waals surface area contributed by atoms with Crippen LogP contribution >= 0.6 is 22.7 Å². The van der Waals surface area contributed by atoms with Gasteiger partial charge in [-0.05, 0) is 37.3 Å². The highest BCUT2D eigenvalue weighted by molar-refractivity contribution is 7.17. The number of anilines is 1. The molecule has 0 radical (unpaired) electrons. The number of thiophene rings is 1. The second-order valence-electron chi connectivity index (χ2n) is 7.37. The van der Waals surface area contributed by atoms with E-state index in [-0.39, 0.29) is 5.91 Å². The van der Waals surface area contributed by atoms with E-state index < -0.39 is 0 Å². The number of hydrogen-bond donors (Lipinski definition) is 1. The molecule has 1 N–H and O–H groups in total. The second-order valence-corrected chi connectivity index (χ2v) is 9.17. The fraction of sp³-hybridized carbons (Fsp3) is 0.273. The van der Waals surface area contributed by atoms with Crippen molar-refractivity contribution in [1.29, 1.82) is 0 Å². The molecule has 0 saturated heterocycles. The summed E-state index contributed by atoms with van der Waals surface area (Å²) in [6.45, 7) is 2.07. The molecular weight excluding hydrogens is 386 g/mol. The standard InChI is InChI=1S/C22H21N3OS2/c1-14-6-8-15(9-7-14)17-13-28-22(23-17)24-21(26)19-12-20-18(10-11-27-20)25(19)16-4-2-3-5-16/h6-13,16H,2-5H2,1H3,(H,23,24,26). The van der Waals surface area contributed by atoms with Crippen LogP contribution in [-0.2, 0) is 0 Å². The van der Waals surface area contributed by atoms with Gasteiger partial charge in [-0.2, -0.15) is 0 Å². The lowest BCUT2D eigenvalue weighted by atomic mass is 10.1. The Kier molecular flexibility index (Phi) is 4.53. The van der Waals surface area contributed by atoms with Crippen LogP contribution in [0.3, 0.4) is 0 Å². The maximum atomic E-state index is 13.1. The summed E-state index contributed by atoms with van der Waals surface area (Å²) >= 11 is 3.16. The lowest BCUT2D eigenvalue weighted by Gasteiger charge is -2.16. The Morgan fingerprint density at radius 2 is 1.93 bits per heavy atom. The Hall–Kier alpha value is -2.44. The summed E-state index contributed by atoms with van der Waals surface area (Å²) in [7, 11) is 0. The van der Waals surface area contributed by atoms with Gasteiger partial charge in [0, 0.05) is 17.0 Å². The first-order valence-electron chi connectivity index (χ1n) is 9.61. The van der Waals surface area contributed by atoms with Gasteiger partial charge in [0.1, 0.15) is 5.69 Å². The highest BCUT2D eigenvalue weighted by Gasteiger charge is 2.25. The van der Waals surface area contributed by atoms with E-state index in [0.717, 1.165) is 29.8 Å². The summed E-state index contributed by atoms with van der Waals surface area (Å²) in [4.78, 5) is 17.7. The quantitative estimate of drug-likeness (QED) is 0.419. The molecule has 1 saturated carbocycles. The monoisotopic (exact) mass is 407 g/mol. The Balaban J connectivity index is 1.42. The SMILES string of the molecule is Cc1ccc(-c2csc(NC(=O)c3cc4sccc4n3C3CCCC3)n2)cc1. The van der Waals surface area contributed by atoms with Gasteiger partial charge in [0.25, 0.3) is 5.91 Å². The first kappa shape index (κ1) is 17.6. The van der Waals surface area contributed by atoms with Crippen molar-refractivity contribution in [3.8, 4) is 11.3 Å². The Labute approximate surface area is 171 Å². The average molecular weight is 408 g/mol. The van der Waals surface area contributed by atoms with Crippen molar-refractivity contribution in [1.82, 2.24) is 9.55 Å². The summed E-state index contributed by atoms with van der Waals surface area (Å²) in [5, 5.41) is 7.77. The predicted molar refractivity (Wildman–Crippen MR) is 118 cm³/mol. The van der Waals surface area contributed by atoms with E-state index >= 15 is 0 Å². The van der Waals surface area contributed by atoms with E-state index in [1.807, 2.05) is 11.4 Å². The summed E-state index contributed by atoms with van der Waals surface area (Å²) in [6, 6.07) is 12.9. The van der Waals surface area contributed by atoms with Gasteiger partial charge in [0.05, 0.1) is 15.9 Å². The highest BCUT2D eigenvalue weighted by Crippen LogP contribution is 2.37. The number of rotatable bonds is 4. The molecule has 1 amide bonds. The molecule has 0 bridgehead atoms. The molecule has 3 aromatic heterocycles. The Morgan fingerprint density at radius 1 is 1.14 bits per heavy atom. The predicted octanol–water partition coefficient (Wildman–Crippen LogP) is 6.50. The fourth-order valence-electron chi connectivity index (χ4n) is 4.02. The molecule has 1 aliphatic rings. The van der Waals surface area contributed by atoms with Crippen molar-refractivity contribution in [2.75, 3.05) is 5.32 Å². The van der Waals surface area contributed by atoms with Crippen molar-refractivity contribution >= 4 is 43.9 Å². The van der Waals surface area contributed by atoms with E-state index in [2.05, 4.69) is 57.5 Å². The minimum atomic E-state index is -0.0693. The minimum absolute atomic E-state index is 0.0693. The summed E-state index contributed by atoms with van der Waals surface area (Å²) < 4.78 is 3.43. The summed E-state index contributed by atoms with van der Waals surface area (Å²) in [6.07, 6.45) is 4.77. The molecule has 4 nitrogen and oxygen atoms in total. The molecule has 3 heterocycles. The van der Waals surface area contributed by atoms with Crippen molar-refractivity contribution in [2.24, 2.45) is 0 Å². The summed E-state index contributed by atoms with van der Waals surface area (Å²) in [5.74, 6) is -0.0693. The van der Waals surface area contributed by atoms with Crippen LogP contribution in [0.15, 0.2) is 47.2 Å². The molecule has 1 fully saturated rings. The lowest BCUT2D eigenvalue weighted by Crippen LogP contribution is -2.19. The number of nitrogens with zero attached hydrogens (tertiary/aromatic N) is 2. The van der Waals surface area contributed by atoms with Crippen LogP contribution in [0.5, 0.6) is 0 Å². The van der Waals surface area contributed by atoms with Crippen LogP contribution < -0.4 is 5.32 Å². The lowest BCUT2D eigenvalue weighted by molar-refractivity contribution is 0.101. The molecule has 4 aromatic rings. The van der Waals surface area contributed by atoms with Gasteiger partial charge in [-0.1, -0.05) is 42.7 Å². The molecule has 28 heavy (non-hydrogen) atoms. The van der Waals surface area contributed by atoms with Gasteiger partial charge in [0.2, 0.25) is 0 Å². The molecule has 5 rings (SSSR count). The number of nitrogens with one attached hydrogen (secondary N) is 1. The van der Waals surface area contributed by atoms with Crippen LogP contribution in [0.2, 0.25) is 0 Å². The maximum absolute atomic E-state index is 13.1. The van der Waals surface area contributed by atoms with E-state index in [0.29, 0.717) is 11.2 Å². The number of amides is 1. The van der Waals surface area contributed by atoms with Crippen LogP contribution in [0, 0.1) is 6.92 Å². The van der Waals surface area contributed by atoms with Crippen molar-refractivity contribution in [2.45, 2.75) is 38.6 Å². The maximum Gasteiger partial charge on any atom is 0.274 e. The van der Waals surface area contributed by atoms with E-state index in [4.69, 9.17) is 0 Å². The van der Waals surface area contributed by atoms with Gasteiger partial charge < -0.3 is 4.57 Å². The number of aryl methyl sites for hydroxylation is 1. The molecule has 0 unspecified atom stereocenters. The number of carbonyl (C=O) groups excluding carboxylic acids is 1. The average Bonchev–Trinajstić information content (AvgIpc) is 3.46. The van der Waals surface area contributed by atoms with E-state index in [1.54, 1.807) is 11.3 Å². The third-order valence-corrected chi connectivity index (χ3v) is 7.07. The molecule has 0 aliphatic heterocycles. The second kappa shape index (κ2) is 7.18. The largest absolute Gasteiger partial charge is 0.333 e. The third-order valence-electron chi connectivity index (χ3n) is 5.45. The Morgan fingerprint density at radius 3 is 2.71 bits per heavy atom. The van der Waals surface area contributed by atoms with E-state index in [9.17, 15) is 4.79 Å². The van der Waals surface area contributed by atoms with Gasteiger partial charge in [-0.25, -0.2) is 4.98 Å². The minimum Gasteiger partial charge on any atom is -0.333 e. The number of aromatic nitrogens is 2. The number of benzene rings is 1. The number of hydrogen-bond acceptors (Lipinski definition) is 4. The fourth-order valence-corrected chi connectivity index (χ4v) is 5.55. The topological polar surface area (TPSA) is 46.9 Å². The molecular formula is C22H21N3OS2. The zero-order valence-electron chi connectivity index (χ0n) is 15.6. The van der Waals surface area contributed by atoms with Crippen LogP contribution in [0.4, 0.5) is 5.13 Å². The molecule has 0 atom stereocenters. The van der Waals surface area contributed by atoms with Gasteiger partial charge in [-0.3, -0.25) is 10.1 Å². The molecule has 6 heteroatoms. The smallest absolute Gasteiger partial charge is 0.274 e. The summed E-state index contributed by atoms with van der Waals surface area (Å²) in [5.41, 5.74) is 5.12. The molecule has 0 spiro atoms. The van der Waals surface area contributed by atoms with Crippen molar-refractivity contribution < 1.29 is 4.79 Å². The zero-order chi connectivity index (χ0) is 19.1. The Bertz CT molecular complexity index is 1130. The molecule has 1 aliphatic carbocycles. The number of thiazole rings is 1. The number of fused-ring (bicyclic) bond motifs is 1.